The Kier molecular flexibility index (Phi) is 3.81. The van der Waals surface area contributed by atoms with Crippen molar-refractivity contribution in [2.45, 2.75) is 19.3 Å². The summed E-state index contributed by atoms with van der Waals surface area (Å²) in [5.41, 5.74) is 2.05. The van der Waals surface area contributed by atoms with Crippen molar-refractivity contribution < 1.29 is 9.90 Å². The topological polar surface area (TPSA) is 66.0 Å². The highest BCUT2D eigenvalue weighted by atomic mass is 79.9. The molecule has 0 fully saturated rings. The summed E-state index contributed by atoms with van der Waals surface area (Å²) in [5.74, 6) is -0.427. The van der Waals surface area contributed by atoms with E-state index in [2.05, 4.69) is 25.9 Å². The van der Waals surface area contributed by atoms with E-state index in [0.29, 0.717) is 5.82 Å². The summed E-state index contributed by atoms with van der Waals surface area (Å²) in [7, 11) is 0. The lowest BCUT2D eigenvalue weighted by molar-refractivity contribution is -0.137. The first kappa shape index (κ1) is 12.8. The number of carboxylic acid groups (broad SMARTS) is 1. The van der Waals surface area contributed by atoms with Crippen molar-refractivity contribution in [1.29, 1.82) is 0 Å². The van der Waals surface area contributed by atoms with Crippen molar-refractivity contribution in [2.24, 2.45) is 0 Å². The molecule has 0 aliphatic heterocycles. The molecule has 1 aromatic carbocycles. The Morgan fingerprint density at radius 2 is 2.22 bits per heavy atom. The van der Waals surface area contributed by atoms with Crippen molar-refractivity contribution in [3.05, 3.63) is 52.0 Å². The maximum atomic E-state index is 11.0. The van der Waals surface area contributed by atoms with E-state index in [-0.39, 0.29) is 12.3 Å². The van der Waals surface area contributed by atoms with Crippen LogP contribution < -0.4 is 0 Å². The summed E-state index contributed by atoms with van der Waals surface area (Å²) >= 11 is 3.29. The summed E-state index contributed by atoms with van der Waals surface area (Å²) in [6, 6.07) is 7.77. The van der Waals surface area contributed by atoms with Crippen LogP contribution >= 0.6 is 15.9 Å². The van der Waals surface area contributed by atoms with Gasteiger partial charge in [-0.3, -0.25) is 4.79 Å². The molecule has 0 radical (unpaired) electrons. The summed E-state index contributed by atoms with van der Waals surface area (Å²) in [6.45, 7) is 1.97. The van der Waals surface area contributed by atoms with Gasteiger partial charge in [0, 0.05) is 0 Å². The summed E-state index contributed by atoms with van der Waals surface area (Å²) < 4.78 is 0.751. The number of nitrogens with zero attached hydrogens (tertiary/aromatic N) is 1. The van der Waals surface area contributed by atoms with E-state index < -0.39 is 5.97 Å². The van der Waals surface area contributed by atoms with Crippen LogP contribution in [0.25, 0.3) is 0 Å². The number of carboxylic acids is 1. The second-order valence-electron chi connectivity index (χ2n) is 4.12. The Morgan fingerprint density at radius 1 is 1.50 bits per heavy atom. The Labute approximate surface area is 113 Å². The maximum absolute atomic E-state index is 11.0. The molecule has 2 N–H and O–H groups in total. The molecule has 1 aromatic heterocycles. The molecule has 94 valence electrons. The fourth-order valence-electron chi connectivity index (χ4n) is 2.00. The molecule has 1 heterocycles. The molecule has 0 spiro atoms. The lowest BCUT2D eigenvalue weighted by Gasteiger charge is -2.15. The van der Waals surface area contributed by atoms with Crippen LogP contribution in [0.4, 0.5) is 0 Å². The van der Waals surface area contributed by atoms with Crippen molar-refractivity contribution >= 4 is 21.9 Å². The Bertz CT molecular complexity index is 566. The van der Waals surface area contributed by atoms with Gasteiger partial charge in [-0.15, -0.1) is 0 Å². The predicted molar refractivity (Wildman–Crippen MR) is 71.6 cm³/mol. The number of H-pyrrole nitrogens is 1. The van der Waals surface area contributed by atoms with E-state index in [9.17, 15) is 4.79 Å². The maximum Gasteiger partial charge on any atom is 0.304 e. The third-order valence-corrected chi connectivity index (χ3v) is 3.24. The number of benzene rings is 1. The van der Waals surface area contributed by atoms with Gasteiger partial charge in [-0.1, -0.05) is 24.3 Å². The monoisotopic (exact) mass is 308 g/mol. The molecular formula is C13H13BrN2O2. The lowest BCUT2D eigenvalue weighted by Crippen LogP contribution is -2.10. The van der Waals surface area contributed by atoms with Gasteiger partial charge in [-0.05, 0) is 34.0 Å². The minimum Gasteiger partial charge on any atom is -0.481 e. The van der Waals surface area contributed by atoms with E-state index in [1.807, 2.05) is 31.2 Å². The fraction of sp³-hybridized carbons (Fsp3) is 0.231. The molecule has 1 unspecified atom stereocenters. The number of aromatic nitrogens is 2. The van der Waals surface area contributed by atoms with Gasteiger partial charge in [-0.2, -0.15) is 0 Å². The van der Waals surface area contributed by atoms with Crippen LogP contribution in [0.15, 0.2) is 35.1 Å². The highest BCUT2D eigenvalue weighted by Crippen LogP contribution is 2.29. The minimum atomic E-state index is -0.837. The van der Waals surface area contributed by atoms with Crippen molar-refractivity contribution in [3.8, 4) is 0 Å². The molecule has 0 bridgehead atoms. The van der Waals surface area contributed by atoms with Crippen molar-refractivity contribution in [2.75, 3.05) is 0 Å². The van der Waals surface area contributed by atoms with Crippen LogP contribution in [0, 0.1) is 6.92 Å². The molecule has 0 saturated heterocycles. The van der Waals surface area contributed by atoms with Crippen LogP contribution in [0.5, 0.6) is 0 Å². The molecule has 0 saturated carbocycles. The third kappa shape index (κ3) is 2.79. The minimum absolute atomic E-state index is 0.0187. The first-order chi connectivity index (χ1) is 8.58. The fourth-order valence-corrected chi connectivity index (χ4v) is 2.30. The zero-order valence-electron chi connectivity index (χ0n) is 9.85. The highest BCUT2D eigenvalue weighted by Gasteiger charge is 2.21. The van der Waals surface area contributed by atoms with Crippen LogP contribution in [0.3, 0.4) is 0 Å². The summed E-state index contributed by atoms with van der Waals surface area (Å²) in [5, 5.41) is 9.05. The number of nitrogens with one attached hydrogen (secondary N) is 1. The van der Waals surface area contributed by atoms with Crippen molar-refractivity contribution in [1.82, 2.24) is 9.97 Å². The average molecular weight is 309 g/mol. The molecule has 18 heavy (non-hydrogen) atoms. The summed E-state index contributed by atoms with van der Waals surface area (Å²) in [6.07, 6.45) is 1.66. The number of aromatic amines is 1. The molecule has 1 atom stereocenters. The van der Waals surface area contributed by atoms with Gasteiger partial charge >= 0.3 is 5.97 Å². The van der Waals surface area contributed by atoms with E-state index in [0.717, 1.165) is 15.7 Å². The normalized spacial score (nSPS) is 12.3. The molecule has 2 rings (SSSR count). The van der Waals surface area contributed by atoms with E-state index >= 15 is 0 Å². The van der Waals surface area contributed by atoms with Gasteiger partial charge in [0.2, 0.25) is 0 Å². The number of aliphatic carboxylic acids is 1. The molecule has 2 aromatic rings. The molecule has 0 aliphatic rings. The largest absolute Gasteiger partial charge is 0.481 e. The highest BCUT2D eigenvalue weighted by molar-refractivity contribution is 9.10. The number of rotatable bonds is 4. The Morgan fingerprint density at radius 3 is 2.78 bits per heavy atom. The van der Waals surface area contributed by atoms with Gasteiger partial charge in [-0.25, -0.2) is 4.98 Å². The zero-order chi connectivity index (χ0) is 13.1. The molecule has 4 nitrogen and oxygen atoms in total. The predicted octanol–water partition coefficient (Wildman–Crippen LogP) is 3.09. The standard InChI is InChI=1S/C13H13BrN2O2/c1-8-4-2-3-5-9(8)10(6-12(17)18)13-15-7-11(14)16-13/h2-5,7,10H,6H2,1H3,(H,15,16)(H,17,18). The Hall–Kier alpha value is -1.62. The first-order valence-electron chi connectivity index (χ1n) is 5.55. The van der Waals surface area contributed by atoms with E-state index in [1.54, 1.807) is 6.20 Å². The zero-order valence-corrected chi connectivity index (χ0v) is 11.4. The van der Waals surface area contributed by atoms with E-state index in [1.165, 1.54) is 0 Å². The number of halogens is 1. The third-order valence-electron chi connectivity index (χ3n) is 2.84. The second kappa shape index (κ2) is 5.35. The number of carbonyl (C=O) groups is 1. The van der Waals surface area contributed by atoms with Gasteiger partial charge in [0.15, 0.2) is 0 Å². The molecule has 0 amide bonds. The molecule has 5 heteroatoms. The van der Waals surface area contributed by atoms with E-state index in [4.69, 9.17) is 5.11 Å². The average Bonchev–Trinajstić information content (AvgIpc) is 2.73. The van der Waals surface area contributed by atoms with Crippen LogP contribution in [0.1, 0.15) is 29.3 Å². The van der Waals surface area contributed by atoms with Gasteiger partial charge in [0.25, 0.3) is 0 Å². The Balaban J connectivity index is 2.43. The molecule has 0 aliphatic carbocycles. The second-order valence-corrected chi connectivity index (χ2v) is 4.98. The lowest BCUT2D eigenvalue weighted by atomic mass is 9.91. The smallest absolute Gasteiger partial charge is 0.304 e. The number of imidazole rings is 1. The van der Waals surface area contributed by atoms with Crippen LogP contribution in [0.2, 0.25) is 0 Å². The van der Waals surface area contributed by atoms with Crippen LogP contribution in [-0.2, 0) is 4.79 Å². The van der Waals surface area contributed by atoms with Gasteiger partial charge < -0.3 is 10.1 Å². The number of hydrogen-bond acceptors (Lipinski definition) is 2. The quantitative estimate of drug-likeness (QED) is 0.912. The van der Waals surface area contributed by atoms with Crippen molar-refractivity contribution in [3.63, 3.8) is 0 Å². The van der Waals surface area contributed by atoms with Gasteiger partial charge in [0.1, 0.15) is 10.4 Å². The first-order valence-corrected chi connectivity index (χ1v) is 6.35. The number of aryl methyl sites for hydroxylation is 1. The summed E-state index contributed by atoms with van der Waals surface area (Å²) in [4.78, 5) is 18.3. The number of hydrogen-bond donors (Lipinski definition) is 2. The molecular weight excluding hydrogens is 296 g/mol. The van der Waals surface area contributed by atoms with Gasteiger partial charge in [0.05, 0.1) is 18.5 Å². The van der Waals surface area contributed by atoms with Crippen LogP contribution in [-0.4, -0.2) is 21.0 Å². The SMILES string of the molecule is Cc1ccccc1C(CC(=O)O)c1ncc(Br)[nH]1.